The van der Waals surface area contributed by atoms with Crippen LogP contribution >= 0.6 is 11.8 Å². The van der Waals surface area contributed by atoms with Gasteiger partial charge in [0.25, 0.3) is 5.91 Å². The zero-order chi connectivity index (χ0) is 13.9. The van der Waals surface area contributed by atoms with Gasteiger partial charge >= 0.3 is 0 Å². The standard InChI is InChI=1S/C13H20N4OS/c1-3-10-6-9(7-11(16-10)17-14)12(18)15-8-13(19-2)4-5-13/h6-7H,3-5,8,14H2,1-2H3,(H,15,18)(H,16,17). The Kier molecular flexibility index (Phi) is 4.31. The van der Waals surface area contributed by atoms with Crippen molar-refractivity contribution in [1.29, 1.82) is 0 Å². The van der Waals surface area contributed by atoms with Gasteiger partial charge in [-0.25, -0.2) is 10.8 Å². The highest BCUT2D eigenvalue weighted by Gasteiger charge is 2.41. The van der Waals surface area contributed by atoms with Crippen molar-refractivity contribution < 1.29 is 4.79 Å². The highest BCUT2D eigenvalue weighted by molar-refractivity contribution is 8.00. The summed E-state index contributed by atoms with van der Waals surface area (Å²) < 4.78 is 0.269. The molecule has 1 amide bonds. The Balaban J connectivity index is 2.05. The predicted molar refractivity (Wildman–Crippen MR) is 79.2 cm³/mol. The number of nitrogens with one attached hydrogen (secondary N) is 2. The van der Waals surface area contributed by atoms with Gasteiger partial charge in [-0.3, -0.25) is 4.79 Å². The topological polar surface area (TPSA) is 80.0 Å². The van der Waals surface area contributed by atoms with Gasteiger partial charge in [-0.2, -0.15) is 11.8 Å². The first kappa shape index (κ1) is 14.1. The SMILES string of the molecule is CCc1cc(C(=O)NCC2(SC)CC2)cc(NN)n1. The van der Waals surface area contributed by atoms with Crippen LogP contribution in [0, 0.1) is 0 Å². The zero-order valence-electron chi connectivity index (χ0n) is 11.3. The minimum Gasteiger partial charge on any atom is -0.351 e. The van der Waals surface area contributed by atoms with E-state index in [9.17, 15) is 4.79 Å². The molecule has 0 saturated heterocycles. The Bertz CT molecular complexity index is 451. The number of hydrogen-bond donors (Lipinski definition) is 3. The van der Waals surface area contributed by atoms with E-state index in [1.165, 1.54) is 12.8 Å². The minimum absolute atomic E-state index is 0.0612. The number of nitrogens with zero attached hydrogens (tertiary/aromatic N) is 1. The highest BCUT2D eigenvalue weighted by Crippen LogP contribution is 2.46. The van der Waals surface area contributed by atoms with E-state index < -0.39 is 0 Å². The molecule has 104 valence electrons. The minimum atomic E-state index is -0.0612. The summed E-state index contributed by atoms with van der Waals surface area (Å²) in [7, 11) is 0. The number of rotatable bonds is 6. The average Bonchev–Trinajstić information content (AvgIpc) is 3.24. The molecule has 19 heavy (non-hydrogen) atoms. The normalized spacial score (nSPS) is 15.9. The molecule has 0 aromatic carbocycles. The first-order valence-corrected chi connectivity index (χ1v) is 7.66. The fourth-order valence-corrected chi connectivity index (χ4v) is 2.64. The Labute approximate surface area is 117 Å². The van der Waals surface area contributed by atoms with Gasteiger partial charge < -0.3 is 10.7 Å². The van der Waals surface area contributed by atoms with E-state index in [1.807, 2.05) is 24.8 Å². The van der Waals surface area contributed by atoms with Crippen LogP contribution in [-0.4, -0.2) is 28.4 Å². The van der Waals surface area contributed by atoms with E-state index in [1.54, 1.807) is 6.07 Å². The van der Waals surface area contributed by atoms with Gasteiger partial charge in [-0.15, -0.1) is 0 Å². The van der Waals surface area contributed by atoms with Gasteiger partial charge in [0.15, 0.2) is 0 Å². The van der Waals surface area contributed by atoms with Crippen LogP contribution in [0.5, 0.6) is 0 Å². The van der Waals surface area contributed by atoms with Crippen molar-refractivity contribution in [3.63, 3.8) is 0 Å². The first-order valence-electron chi connectivity index (χ1n) is 6.43. The monoisotopic (exact) mass is 280 g/mol. The third-order valence-corrected chi connectivity index (χ3v) is 4.88. The lowest BCUT2D eigenvalue weighted by Gasteiger charge is -2.13. The molecule has 0 atom stereocenters. The van der Waals surface area contributed by atoms with Gasteiger partial charge in [0.2, 0.25) is 0 Å². The van der Waals surface area contributed by atoms with Crippen molar-refractivity contribution in [2.45, 2.75) is 30.9 Å². The molecule has 1 aromatic heterocycles. The van der Waals surface area contributed by atoms with Crippen LogP contribution in [-0.2, 0) is 6.42 Å². The molecular formula is C13H20N4OS. The van der Waals surface area contributed by atoms with Crippen molar-refractivity contribution in [1.82, 2.24) is 10.3 Å². The van der Waals surface area contributed by atoms with Crippen LogP contribution in [0.2, 0.25) is 0 Å². The summed E-state index contributed by atoms with van der Waals surface area (Å²) in [5, 5.41) is 3.00. The number of amides is 1. The Morgan fingerprint density at radius 3 is 2.79 bits per heavy atom. The molecule has 1 aliphatic carbocycles. The summed E-state index contributed by atoms with van der Waals surface area (Å²) in [6, 6.07) is 3.49. The highest BCUT2D eigenvalue weighted by atomic mass is 32.2. The summed E-state index contributed by atoms with van der Waals surface area (Å²) in [6.07, 6.45) is 5.23. The second kappa shape index (κ2) is 5.79. The van der Waals surface area contributed by atoms with Crippen LogP contribution in [0.3, 0.4) is 0 Å². The molecule has 1 saturated carbocycles. The lowest BCUT2D eigenvalue weighted by molar-refractivity contribution is 0.0953. The van der Waals surface area contributed by atoms with Crippen molar-refractivity contribution in [3.8, 4) is 0 Å². The van der Waals surface area contributed by atoms with Crippen LogP contribution in [0.15, 0.2) is 12.1 Å². The number of carbonyl (C=O) groups is 1. The number of anilines is 1. The predicted octanol–water partition coefficient (Wildman–Crippen LogP) is 1.55. The Hall–Kier alpha value is -1.27. The number of hydrogen-bond acceptors (Lipinski definition) is 5. The summed E-state index contributed by atoms with van der Waals surface area (Å²) >= 11 is 1.83. The van der Waals surface area contributed by atoms with E-state index in [4.69, 9.17) is 5.84 Å². The van der Waals surface area contributed by atoms with Gasteiger partial charge in [0.05, 0.1) is 0 Å². The van der Waals surface area contributed by atoms with Crippen LogP contribution in [0.1, 0.15) is 35.8 Å². The second-order valence-electron chi connectivity index (χ2n) is 4.80. The summed E-state index contributed by atoms with van der Waals surface area (Å²) in [6.45, 7) is 2.72. The fourth-order valence-electron chi connectivity index (χ4n) is 1.91. The largest absolute Gasteiger partial charge is 0.351 e. The molecule has 5 nitrogen and oxygen atoms in total. The molecule has 0 unspecified atom stereocenters. The Morgan fingerprint density at radius 1 is 1.53 bits per heavy atom. The lowest BCUT2D eigenvalue weighted by Crippen LogP contribution is -2.31. The number of aromatic nitrogens is 1. The van der Waals surface area contributed by atoms with Crippen LogP contribution in [0.4, 0.5) is 5.82 Å². The molecule has 0 aliphatic heterocycles. The number of nitrogen functional groups attached to an aromatic ring is 1. The molecule has 2 rings (SSSR count). The van der Waals surface area contributed by atoms with Gasteiger partial charge in [-0.1, -0.05) is 6.92 Å². The molecule has 0 bridgehead atoms. The van der Waals surface area contributed by atoms with Crippen molar-refractivity contribution in [3.05, 3.63) is 23.4 Å². The average molecular weight is 280 g/mol. The van der Waals surface area contributed by atoms with Crippen LogP contribution in [0.25, 0.3) is 0 Å². The maximum atomic E-state index is 12.2. The Morgan fingerprint density at radius 2 is 2.26 bits per heavy atom. The second-order valence-corrected chi connectivity index (χ2v) is 6.07. The number of carbonyl (C=O) groups excluding carboxylic acids is 1. The summed E-state index contributed by atoms with van der Waals surface area (Å²) in [5.74, 6) is 5.83. The van der Waals surface area contributed by atoms with Gasteiger partial charge in [0.1, 0.15) is 5.82 Å². The van der Waals surface area contributed by atoms with E-state index in [-0.39, 0.29) is 10.7 Å². The number of thioether (sulfide) groups is 1. The molecule has 1 aromatic rings. The number of hydrazine groups is 1. The fraction of sp³-hybridized carbons (Fsp3) is 0.538. The van der Waals surface area contributed by atoms with Crippen molar-refractivity contribution in [2.75, 3.05) is 18.2 Å². The molecule has 0 spiro atoms. The van der Waals surface area contributed by atoms with E-state index in [0.717, 1.165) is 18.7 Å². The van der Waals surface area contributed by atoms with Crippen LogP contribution < -0.4 is 16.6 Å². The van der Waals surface area contributed by atoms with Crippen molar-refractivity contribution >= 4 is 23.5 Å². The van der Waals surface area contributed by atoms with Gasteiger partial charge in [-0.05, 0) is 37.7 Å². The third kappa shape index (κ3) is 3.39. The van der Waals surface area contributed by atoms with E-state index in [0.29, 0.717) is 11.4 Å². The summed E-state index contributed by atoms with van der Waals surface area (Å²) in [4.78, 5) is 16.4. The first-order chi connectivity index (χ1) is 9.12. The van der Waals surface area contributed by atoms with Crippen molar-refractivity contribution in [2.24, 2.45) is 5.84 Å². The lowest BCUT2D eigenvalue weighted by atomic mass is 10.2. The third-order valence-electron chi connectivity index (χ3n) is 3.46. The molecule has 0 radical (unpaired) electrons. The number of aryl methyl sites for hydroxylation is 1. The molecule has 1 fully saturated rings. The van der Waals surface area contributed by atoms with E-state index in [2.05, 4.69) is 22.0 Å². The summed E-state index contributed by atoms with van der Waals surface area (Å²) in [5.41, 5.74) is 3.96. The number of pyridine rings is 1. The zero-order valence-corrected chi connectivity index (χ0v) is 12.1. The maximum absolute atomic E-state index is 12.2. The maximum Gasteiger partial charge on any atom is 0.251 e. The molecule has 6 heteroatoms. The molecular weight excluding hydrogens is 260 g/mol. The quantitative estimate of drug-likeness (QED) is 0.544. The number of nitrogens with two attached hydrogens (primary N) is 1. The molecule has 4 N–H and O–H groups in total. The molecule has 1 aliphatic rings. The van der Waals surface area contributed by atoms with Gasteiger partial charge in [0, 0.05) is 22.5 Å². The molecule has 1 heterocycles. The van der Waals surface area contributed by atoms with E-state index >= 15 is 0 Å². The smallest absolute Gasteiger partial charge is 0.251 e.